The Labute approximate surface area is 119 Å². The standard InChI is InChI=1S/C13H17ClN2O.ClH/c1-10-9-16(7-6-15-10)13(17)8-11-2-4-12(14)5-3-11;/h2-5,10,15H,6-9H2,1H3;1H/t10-;/m0./s1. The third kappa shape index (κ3) is 4.16. The second-order valence-electron chi connectivity index (χ2n) is 4.50. The van der Waals surface area contributed by atoms with Gasteiger partial charge in [-0.2, -0.15) is 0 Å². The summed E-state index contributed by atoms with van der Waals surface area (Å²) in [6, 6.07) is 7.85. The van der Waals surface area contributed by atoms with Crippen molar-refractivity contribution in [2.75, 3.05) is 19.6 Å². The van der Waals surface area contributed by atoms with E-state index in [9.17, 15) is 4.79 Å². The van der Waals surface area contributed by atoms with Crippen LogP contribution < -0.4 is 5.32 Å². The van der Waals surface area contributed by atoms with Crippen molar-refractivity contribution in [2.24, 2.45) is 0 Å². The van der Waals surface area contributed by atoms with Gasteiger partial charge >= 0.3 is 0 Å². The number of hydrogen-bond acceptors (Lipinski definition) is 2. The molecule has 1 amide bonds. The number of carbonyl (C=O) groups excluding carboxylic acids is 1. The highest BCUT2D eigenvalue weighted by molar-refractivity contribution is 6.30. The van der Waals surface area contributed by atoms with Gasteiger partial charge in [0.1, 0.15) is 0 Å². The molecule has 0 bridgehead atoms. The number of hydrogen-bond donors (Lipinski definition) is 1. The second-order valence-corrected chi connectivity index (χ2v) is 4.93. The van der Waals surface area contributed by atoms with Gasteiger partial charge < -0.3 is 10.2 Å². The van der Waals surface area contributed by atoms with Crippen LogP contribution in [0.4, 0.5) is 0 Å². The molecule has 3 nitrogen and oxygen atoms in total. The van der Waals surface area contributed by atoms with Crippen molar-refractivity contribution in [3.63, 3.8) is 0 Å². The van der Waals surface area contributed by atoms with Crippen molar-refractivity contribution in [3.05, 3.63) is 34.9 Å². The van der Waals surface area contributed by atoms with E-state index < -0.39 is 0 Å². The van der Waals surface area contributed by atoms with Crippen LogP contribution in [0.3, 0.4) is 0 Å². The molecule has 0 aromatic heterocycles. The zero-order valence-electron chi connectivity index (χ0n) is 10.4. The summed E-state index contributed by atoms with van der Waals surface area (Å²) >= 11 is 5.81. The minimum Gasteiger partial charge on any atom is -0.340 e. The molecule has 18 heavy (non-hydrogen) atoms. The average molecular weight is 289 g/mol. The topological polar surface area (TPSA) is 32.3 Å². The summed E-state index contributed by atoms with van der Waals surface area (Å²) in [5.41, 5.74) is 1.02. The van der Waals surface area contributed by atoms with Crippen LogP contribution >= 0.6 is 24.0 Å². The molecular formula is C13H18Cl2N2O. The van der Waals surface area contributed by atoms with Crippen LogP contribution in [-0.4, -0.2) is 36.5 Å². The highest BCUT2D eigenvalue weighted by Crippen LogP contribution is 2.11. The zero-order valence-corrected chi connectivity index (χ0v) is 11.9. The maximum Gasteiger partial charge on any atom is 0.227 e. The van der Waals surface area contributed by atoms with Gasteiger partial charge in [0.25, 0.3) is 0 Å². The zero-order chi connectivity index (χ0) is 12.3. The fourth-order valence-corrected chi connectivity index (χ4v) is 2.17. The minimum atomic E-state index is 0. The smallest absolute Gasteiger partial charge is 0.227 e. The Morgan fingerprint density at radius 2 is 2.11 bits per heavy atom. The molecule has 1 fully saturated rings. The fraction of sp³-hybridized carbons (Fsp3) is 0.462. The van der Waals surface area contributed by atoms with Gasteiger partial charge in [-0.1, -0.05) is 23.7 Å². The summed E-state index contributed by atoms with van der Waals surface area (Å²) in [5, 5.41) is 4.03. The monoisotopic (exact) mass is 288 g/mol. The molecule has 1 aromatic carbocycles. The van der Waals surface area contributed by atoms with Crippen molar-refractivity contribution in [1.82, 2.24) is 10.2 Å². The molecule has 0 saturated carbocycles. The highest BCUT2D eigenvalue weighted by atomic mass is 35.5. The van der Waals surface area contributed by atoms with Crippen LogP contribution in [-0.2, 0) is 11.2 Å². The number of nitrogens with zero attached hydrogens (tertiary/aromatic N) is 1. The first kappa shape index (κ1) is 15.3. The number of carbonyl (C=O) groups is 1. The number of nitrogens with one attached hydrogen (secondary N) is 1. The Morgan fingerprint density at radius 1 is 1.44 bits per heavy atom. The van der Waals surface area contributed by atoms with Crippen LogP contribution in [0.25, 0.3) is 0 Å². The summed E-state index contributed by atoms with van der Waals surface area (Å²) in [6.45, 7) is 4.58. The van der Waals surface area contributed by atoms with Crippen LogP contribution in [0.15, 0.2) is 24.3 Å². The first-order valence-electron chi connectivity index (χ1n) is 5.91. The SMILES string of the molecule is C[C@H]1CN(C(=O)Cc2ccc(Cl)cc2)CCN1.Cl. The molecule has 1 heterocycles. The van der Waals surface area contributed by atoms with Crippen LogP contribution in [0.2, 0.25) is 5.02 Å². The summed E-state index contributed by atoms with van der Waals surface area (Å²) in [4.78, 5) is 14.0. The lowest BCUT2D eigenvalue weighted by atomic mass is 10.1. The van der Waals surface area contributed by atoms with Crippen molar-refractivity contribution in [1.29, 1.82) is 0 Å². The van der Waals surface area contributed by atoms with Gasteiger partial charge in [0.2, 0.25) is 5.91 Å². The van der Waals surface area contributed by atoms with Crippen LogP contribution in [0.5, 0.6) is 0 Å². The number of piperazine rings is 1. The Morgan fingerprint density at radius 3 is 2.72 bits per heavy atom. The van der Waals surface area contributed by atoms with Crippen molar-refractivity contribution >= 4 is 29.9 Å². The molecule has 0 radical (unpaired) electrons. The molecular weight excluding hydrogens is 271 g/mol. The fourth-order valence-electron chi connectivity index (χ4n) is 2.05. The van der Waals surface area contributed by atoms with E-state index in [0.29, 0.717) is 17.5 Å². The van der Waals surface area contributed by atoms with Crippen molar-refractivity contribution in [2.45, 2.75) is 19.4 Å². The van der Waals surface area contributed by atoms with Crippen molar-refractivity contribution < 1.29 is 4.79 Å². The third-order valence-electron chi connectivity index (χ3n) is 2.99. The predicted molar refractivity (Wildman–Crippen MR) is 76.4 cm³/mol. The van der Waals surface area contributed by atoms with Gasteiger partial charge in [-0.3, -0.25) is 4.79 Å². The van der Waals surface area contributed by atoms with E-state index in [1.165, 1.54) is 0 Å². The molecule has 1 aliphatic heterocycles. The Hall–Kier alpha value is -0.770. The predicted octanol–water partition coefficient (Wildman–Crippen LogP) is 2.12. The molecule has 1 N–H and O–H groups in total. The number of rotatable bonds is 2. The van der Waals surface area contributed by atoms with Gasteiger partial charge in [-0.05, 0) is 24.6 Å². The Bertz CT molecular complexity index is 394. The van der Waals surface area contributed by atoms with E-state index in [4.69, 9.17) is 11.6 Å². The van der Waals surface area contributed by atoms with E-state index in [1.807, 2.05) is 29.2 Å². The van der Waals surface area contributed by atoms with E-state index >= 15 is 0 Å². The van der Waals surface area contributed by atoms with Gasteiger partial charge in [-0.25, -0.2) is 0 Å². The van der Waals surface area contributed by atoms with Gasteiger partial charge in [-0.15, -0.1) is 12.4 Å². The highest BCUT2D eigenvalue weighted by Gasteiger charge is 2.20. The molecule has 0 aliphatic carbocycles. The summed E-state index contributed by atoms with van der Waals surface area (Å²) < 4.78 is 0. The molecule has 1 aliphatic rings. The third-order valence-corrected chi connectivity index (χ3v) is 3.24. The lowest BCUT2D eigenvalue weighted by Crippen LogP contribution is -2.51. The maximum atomic E-state index is 12.1. The Kier molecular flexibility index (Phi) is 5.93. The van der Waals surface area contributed by atoms with Gasteiger partial charge in [0.15, 0.2) is 0 Å². The quantitative estimate of drug-likeness (QED) is 0.904. The number of amides is 1. The minimum absolute atomic E-state index is 0. The van der Waals surface area contributed by atoms with Crippen LogP contribution in [0, 0.1) is 0 Å². The summed E-state index contributed by atoms with van der Waals surface area (Å²) in [7, 11) is 0. The van der Waals surface area contributed by atoms with E-state index in [1.54, 1.807) is 0 Å². The molecule has 0 unspecified atom stereocenters. The number of benzene rings is 1. The normalized spacial score (nSPS) is 19.2. The molecule has 5 heteroatoms. The molecule has 1 saturated heterocycles. The molecule has 1 aromatic rings. The molecule has 2 rings (SSSR count). The summed E-state index contributed by atoms with van der Waals surface area (Å²) in [5.74, 6) is 0.195. The first-order chi connectivity index (χ1) is 8.15. The van der Waals surface area contributed by atoms with E-state index in [0.717, 1.165) is 25.2 Å². The second kappa shape index (κ2) is 6.98. The summed E-state index contributed by atoms with van der Waals surface area (Å²) in [6.07, 6.45) is 0.462. The van der Waals surface area contributed by atoms with E-state index in [-0.39, 0.29) is 18.3 Å². The van der Waals surface area contributed by atoms with Gasteiger partial charge in [0, 0.05) is 30.7 Å². The molecule has 100 valence electrons. The Balaban J connectivity index is 0.00000162. The lowest BCUT2D eigenvalue weighted by Gasteiger charge is -2.32. The largest absolute Gasteiger partial charge is 0.340 e. The number of halogens is 2. The average Bonchev–Trinajstić information content (AvgIpc) is 2.32. The van der Waals surface area contributed by atoms with E-state index in [2.05, 4.69) is 12.2 Å². The molecule has 1 atom stereocenters. The maximum absolute atomic E-state index is 12.1. The van der Waals surface area contributed by atoms with Crippen LogP contribution in [0.1, 0.15) is 12.5 Å². The molecule has 0 spiro atoms. The van der Waals surface area contributed by atoms with Crippen molar-refractivity contribution in [3.8, 4) is 0 Å². The van der Waals surface area contributed by atoms with Gasteiger partial charge in [0.05, 0.1) is 6.42 Å². The first-order valence-corrected chi connectivity index (χ1v) is 6.28. The lowest BCUT2D eigenvalue weighted by molar-refractivity contribution is -0.131.